The minimum Gasteiger partial charge on any atom is -0.303 e. The maximum atomic E-state index is 10.5. The van der Waals surface area contributed by atoms with Crippen LogP contribution in [0.5, 0.6) is 0 Å². The van der Waals surface area contributed by atoms with Gasteiger partial charge in [-0.25, -0.2) is 0 Å². The lowest BCUT2D eigenvalue weighted by Gasteiger charge is -2.01. The van der Waals surface area contributed by atoms with E-state index in [-0.39, 0.29) is 5.92 Å². The van der Waals surface area contributed by atoms with Gasteiger partial charge in [-0.3, -0.25) is 0 Å². The average molecular weight is 280 g/mol. The van der Waals surface area contributed by atoms with Crippen LogP contribution in [-0.4, -0.2) is 6.29 Å². The molecule has 1 nitrogen and oxygen atoms in total. The Labute approximate surface area is 127 Å². The van der Waals surface area contributed by atoms with E-state index in [4.69, 9.17) is 0 Å². The van der Waals surface area contributed by atoms with E-state index < -0.39 is 0 Å². The first-order valence-electron chi connectivity index (χ1n) is 8.91. The maximum Gasteiger partial charge on any atom is 0.122 e. The van der Waals surface area contributed by atoms with Crippen molar-refractivity contribution >= 4 is 6.29 Å². The summed E-state index contributed by atoms with van der Waals surface area (Å²) in [5.74, 6) is 0.247. The lowest BCUT2D eigenvalue weighted by Crippen LogP contribution is -1.94. The van der Waals surface area contributed by atoms with Crippen LogP contribution in [0, 0.1) is 5.92 Å². The molecule has 0 heterocycles. The highest BCUT2D eigenvalue weighted by Gasteiger charge is 1.97. The SMILES string of the molecule is CCCCCCCCCCC=CCCCCC(C)C=O. The summed E-state index contributed by atoms with van der Waals surface area (Å²) in [6.45, 7) is 4.28. The zero-order valence-corrected chi connectivity index (χ0v) is 13.9. The second-order valence-electron chi connectivity index (χ2n) is 6.13. The van der Waals surface area contributed by atoms with Gasteiger partial charge >= 0.3 is 0 Å². The summed E-state index contributed by atoms with van der Waals surface area (Å²) in [7, 11) is 0. The number of carbonyl (C=O) groups is 1. The summed E-state index contributed by atoms with van der Waals surface area (Å²) in [6, 6.07) is 0. The van der Waals surface area contributed by atoms with Gasteiger partial charge in [-0.2, -0.15) is 0 Å². The molecule has 0 aliphatic heterocycles. The third kappa shape index (κ3) is 15.5. The van der Waals surface area contributed by atoms with Gasteiger partial charge in [-0.15, -0.1) is 0 Å². The number of carbonyl (C=O) groups excluding carboxylic acids is 1. The fraction of sp³-hybridized carbons (Fsp3) is 0.842. The highest BCUT2D eigenvalue weighted by molar-refractivity contribution is 5.52. The van der Waals surface area contributed by atoms with Crippen molar-refractivity contribution in [3.63, 3.8) is 0 Å². The Morgan fingerprint density at radius 3 is 1.80 bits per heavy atom. The van der Waals surface area contributed by atoms with Crippen molar-refractivity contribution in [3.8, 4) is 0 Å². The monoisotopic (exact) mass is 280 g/mol. The molecule has 0 aliphatic rings. The first-order valence-corrected chi connectivity index (χ1v) is 8.91. The van der Waals surface area contributed by atoms with Crippen molar-refractivity contribution in [1.82, 2.24) is 0 Å². The molecule has 1 atom stereocenters. The van der Waals surface area contributed by atoms with Crippen molar-refractivity contribution < 1.29 is 4.79 Å². The average Bonchev–Trinajstić information content (AvgIpc) is 2.47. The second kappa shape index (κ2) is 16.5. The molecule has 20 heavy (non-hydrogen) atoms. The van der Waals surface area contributed by atoms with E-state index in [0.29, 0.717) is 0 Å². The molecular formula is C19H36O. The molecule has 0 rings (SSSR count). The Morgan fingerprint density at radius 1 is 0.750 bits per heavy atom. The van der Waals surface area contributed by atoms with Gasteiger partial charge < -0.3 is 4.79 Å². The predicted octanol–water partition coefficient (Wildman–Crippen LogP) is 6.47. The van der Waals surface area contributed by atoms with E-state index in [2.05, 4.69) is 19.1 Å². The maximum absolute atomic E-state index is 10.5. The van der Waals surface area contributed by atoms with E-state index in [9.17, 15) is 4.79 Å². The third-order valence-corrected chi connectivity index (χ3v) is 3.90. The van der Waals surface area contributed by atoms with Crippen molar-refractivity contribution in [2.24, 2.45) is 5.92 Å². The van der Waals surface area contributed by atoms with Crippen LogP contribution in [-0.2, 0) is 4.79 Å². The lowest BCUT2D eigenvalue weighted by molar-refractivity contribution is -0.110. The zero-order valence-electron chi connectivity index (χ0n) is 13.9. The minimum atomic E-state index is 0.247. The van der Waals surface area contributed by atoms with Crippen LogP contribution in [0.25, 0.3) is 0 Å². The Hall–Kier alpha value is -0.590. The largest absolute Gasteiger partial charge is 0.303 e. The highest BCUT2D eigenvalue weighted by Crippen LogP contribution is 2.11. The fourth-order valence-corrected chi connectivity index (χ4v) is 2.43. The molecule has 0 saturated heterocycles. The summed E-state index contributed by atoms with van der Waals surface area (Å²) >= 11 is 0. The van der Waals surface area contributed by atoms with Crippen molar-refractivity contribution in [3.05, 3.63) is 12.2 Å². The molecule has 0 aromatic carbocycles. The Kier molecular flexibility index (Phi) is 16.0. The molecule has 0 aliphatic carbocycles. The highest BCUT2D eigenvalue weighted by atomic mass is 16.1. The molecule has 1 unspecified atom stereocenters. The Bertz CT molecular complexity index is 220. The van der Waals surface area contributed by atoms with Crippen LogP contribution in [0.15, 0.2) is 12.2 Å². The first-order chi connectivity index (χ1) is 9.81. The second-order valence-corrected chi connectivity index (χ2v) is 6.13. The van der Waals surface area contributed by atoms with Crippen LogP contribution < -0.4 is 0 Å². The summed E-state index contributed by atoms with van der Waals surface area (Å²) < 4.78 is 0. The number of allylic oxidation sites excluding steroid dienone is 2. The molecule has 118 valence electrons. The number of aldehydes is 1. The zero-order chi connectivity index (χ0) is 14.9. The van der Waals surface area contributed by atoms with Gasteiger partial charge in [-0.05, 0) is 32.1 Å². The third-order valence-electron chi connectivity index (χ3n) is 3.90. The van der Waals surface area contributed by atoms with E-state index in [1.807, 2.05) is 6.92 Å². The number of unbranched alkanes of at least 4 members (excludes halogenated alkanes) is 10. The summed E-state index contributed by atoms with van der Waals surface area (Å²) in [4.78, 5) is 10.5. The molecule has 0 aromatic heterocycles. The number of hydrogen-bond acceptors (Lipinski definition) is 1. The number of rotatable bonds is 15. The van der Waals surface area contributed by atoms with Crippen molar-refractivity contribution in [2.45, 2.75) is 97.3 Å². The molecule has 0 bridgehead atoms. The smallest absolute Gasteiger partial charge is 0.122 e. The fourth-order valence-electron chi connectivity index (χ4n) is 2.43. The van der Waals surface area contributed by atoms with Crippen LogP contribution in [0.2, 0.25) is 0 Å². The van der Waals surface area contributed by atoms with Gasteiger partial charge in [0.2, 0.25) is 0 Å². The van der Waals surface area contributed by atoms with Crippen molar-refractivity contribution in [2.75, 3.05) is 0 Å². The summed E-state index contributed by atoms with van der Waals surface area (Å²) in [5, 5.41) is 0. The molecule has 0 fully saturated rings. The number of hydrogen-bond donors (Lipinski definition) is 0. The van der Waals surface area contributed by atoms with E-state index in [0.717, 1.165) is 12.7 Å². The molecule has 0 N–H and O–H groups in total. The van der Waals surface area contributed by atoms with Crippen LogP contribution in [0.3, 0.4) is 0 Å². The molecule has 0 radical (unpaired) electrons. The Morgan fingerprint density at radius 2 is 1.25 bits per heavy atom. The quantitative estimate of drug-likeness (QED) is 0.191. The van der Waals surface area contributed by atoms with E-state index in [1.165, 1.54) is 77.0 Å². The standard InChI is InChI=1S/C19H36O/c1-3-4-5-6-7-8-9-10-11-12-13-14-15-16-17-19(2)18-20/h12-13,18-19H,3-11,14-17H2,1-2H3. The Balaban J connectivity index is 3.10. The molecule has 0 aromatic rings. The predicted molar refractivity (Wildman–Crippen MR) is 90.1 cm³/mol. The van der Waals surface area contributed by atoms with E-state index in [1.54, 1.807) is 0 Å². The van der Waals surface area contributed by atoms with Gasteiger partial charge in [0.1, 0.15) is 6.29 Å². The van der Waals surface area contributed by atoms with Crippen molar-refractivity contribution in [1.29, 1.82) is 0 Å². The topological polar surface area (TPSA) is 17.1 Å². The molecule has 0 saturated carbocycles. The van der Waals surface area contributed by atoms with Gasteiger partial charge in [0.15, 0.2) is 0 Å². The molecule has 0 spiro atoms. The minimum absolute atomic E-state index is 0.247. The van der Waals surface area contributed by atoms with Crippen LogP contribution >= 0.6 is 0 Å². The molecular weight excluding hydrogens is 244 g/mol. The summed E-state index contributed by atoms with van der Waals surface area (Å²) in [6.07, 6.45) is 22.9. The van der Waals surface area contributed by atoms with Gasteiger partial charge in [0.25, 0.3) is 0 Å². The summed E-state index contributed by atoms with van der Waals surface area (Å²) in [5.41, 5.74) is 0. The van der Waals surface area contributed by atoms with Crippen LogP contribution in [0.4, 0.5) is 0 Å². The van der Waals surface area contributed by atoms with Gasteiger partial charge in [-0.1, -0.05) is 77.4 Å². The van der Waals surface area contributed by atoms with Crippen LogP contribution in [0.1, 0.15) is 97.3 Å². The van der Waals surface area contributed by atoms with Gasteiger partial charge in [0.05, 0.1) is 0 Å². The first kappa shape index (κ1) is 19.4. The molecule has 1 heteroatoms. The van der Waals surface area contributed by atoms with E-state index >= 15 is 0 Å². The lowest BCUT2D eigenvalue weighted by atomic mass is 10.0. The molecule has 0 amide bonds. The van der Waals surface area contributed by atoms with Gasteiger partial charge in [0, 0.05) is 5.92 Å². The normalized spacial score (nSPS) is 12.9.